The molecule has 27 heavy (non-hydrogen) atoms. The van der Waals surface area contributed by atoms with Crippen LogP contribution < -0.4 is 0 Å². The van der Waals surface area contributed by atoms with Crippen LogP contribution in [0.25, 0.3) is 0 Å². The molecule has 2 aliphatic rings. The Hall–Kier alpha value is -2.61. The van der Waals surface area contributed by atoms with Gasteiger partial charge in [0.15, 0.2) is 6.04 Å². The Kier molecular flexibility index (Phi) is 5.65. The van der Waals surface area contributed by atoms with Crippen LogP contribution in [0.5, 0.6) is 0 Å². The summed E-state index contributed by atoms with van der Waals surface area (Å²) in [5, 5.41) is 3.06. The average molecular weight is 376 g/mol. The van der Waals surface area contributed by atoms with Crippen LogP contribution in [0.15, 0.2) is 30.3 Å². The van der Waals surface area contributed by atoms with E-state index in [1.54, 1.807) is 0 Å². The molecule has 2 heterocycles. The van der Waals surface area contributed by atoms with E-state index in [0.29, 0.717) is 6.42 Å². The molecule has 146 valence electrons. The van der Waals surface area contributed by atoms with Gasteiger partial charge >= 0.3 is 18.0 Å². The summed E-state index contributed by atoms with van der Waals surface area (Å²) in [7, 11) is 2.51. The number of ether oxygens (including phenoxy) is 3. The van der Waals surface area contributed by atoms with Crippen LogP contribution in [0.4, 0.5) is 4.79 Å². The Balaban J connectivity index is 2.11. The van der Waals surface area contributed by atoms with Gasteiger partial charge in [0.2, 0.25) is 0 Å². The Morgan fingerprint density at radius 1 is 1.15 bits per heavy atom. The smallest absolute Gasteiger partial charge is 0.425 e. The molecule has 0 radical (unpaired) electrons. The van der Waals surface area contributed by atoms with Crippen LogP contribution in [0.2, 0.25) is 0 Å². The minimum absolute atomic E-state index is 0.140. The van der Waals surface area contributed by atoms with E-state index >= 15 is 0 Å². The van der Waals surface area contributed by atoms with Crippen molar-refractivity contribution in [1.29, 1.82) is 0 Å². The number of carbonyl (C=O) groups excluding carboxylic acids is 3. The van der Waals surface area contributed by atoms with Crippen molar-refractivity contribution < 1.29 is 28.6 Å². The summed E-state index contributed by atoms with van der Waals surface area (Å²) in [5.41, 5.74) is 0.935. The second-order valence-electron chi connectivity index (χ2n) is 6.60. The fourth-order valence-corrected chi connectivity index (χ4v) is 4.03. The van der Waals surface area contributed by atoms with Crippen LogP contribution >= 0.6 is 0 Å². The number of cyclic esters (lactones) is 1. The minimum atomic E-state index is -1.11. The van der Waals surface area contributed by atoms with Gasteiger partial charge in [-0.3, -0.25) is 4.79 Å². The maximum absolute atomic E-state index is 12.6. The molecule has 2 fully saturated rings. The van der Waals surface area contributed by atoms with Gasteiger partial charge in [0.1, 0.15) is 12.5 Å². The van der Waals surface area contributed by atoms with Gasteiger partial charge in [-0.15, -0.1) is 0 Å². The number of amides is 1. The quantitative estimate of drug-likeness (QED) is 0.573. The van der Waals surface area contributed by atoms with E-state index in [9.17, 15) is 14.4 Å². The zero-order valence-corrected chi connectivity index (χ0v) is 15.7. The third kappa shape index (κ3) is 3.25. The SMILES string of the molecule is CCC[C@H]1[C@H](C(=O)OC)[C@@H](C(=O)OC)N2C(=O)OC[C@@H](c3ccccc3)N12. The molecule has 1 aromatic rings. The molecule has 0 aromatic heterocycles. The third-order valence-corrected chi connectivity index (χ3v) is 5.16. The number of benzene rings is 1. The van der Waals surface area contributed by atoms with Gasteiger partial charge in [0.25, 0.3) is 0 Å². The molecule has 2 saturated heterocycles. The summed E-state index contributed by atoms with van der Waals surface area (Å²) in [4.78, 5) is 37.7. The number of hydrazine groups is 1. The van der Waals surface area contributed by atoms with Crippen molar-refractivity contribution in [3.63, 3.8) is 0 Å². The van der Waals surface area contributed by atoms with Crippen LogP contribution in [0.1, 0.15) is 31.4 Å². The van der Waals surface area contributed by atoms with Crippen molar-refractivity contribution in [3.05, 3.63) is 35.9 Å². The summed E-state index contributed by atoms with van der Waals surface area (Å²) in [6.45, 7) is 2.13. The van der Waals surface area contributed by atoms with Gasteiger partial charge in [0.05, 0.1) is 20.3 Å². The van der Waals surface area contributed by atoms with Crippen LogP contribution in [0, 0.1) is 5.92 Å². The van der Waals surface area contributed by atoms with Gasteiger partial charge in [0, 0.05) is 6.04 Å². The molecule has 0 N–H and O–H groups in total. The molecule has 8 heteroatoms. The lowest BCUT2D eigenvalue weighted by molar-refractivity contribution is -0.159. The Morgan fingerprint density at radius 2 is 1.81 bits per heavy atom. The van der Waals surface area contributed by atoms with Gasteiger partial charge < -0.3 is 14.2 Å². The minimum Gasteiger partial charge on any atom is -0.469 e. The molecule has 0 aliphatic carbocycles. The first kappa shape index (κ1) is 19.2. The number of nitrogens with zero attached hydrogens (tertiary/aromatic N) is 2. The van der Waals surface area contributed by atoms with E-state index in [-0.39, 0.29) is 18.7 Å². The monoisotopic (exact) mass is 376 g/mol. The zero-order chi connectivity index (χ0) is 19.6. The number of hydrogen-bond acceptors (Lipinski definition) is 7. The number of hydrogen-bond donors (Lipinski definition) is 0. The van der Waals surface area contributed by atoms with E-state index in [4.69, 9.17) is 14.2 Å². The summed E-state index contributed by atoms with van der Waals surface area (Å²) < 4.78 is 15.2. The predicted octanol–water partition coefficient (Wildman–Crippen LogP) is 1.91. The van der Waals surface area contributed by atoms with E-state index in [1.807, 2.05) is 42.3 Å². The lowest BCUT2D eigenvalue weighted by Gasteiger charge is -2.42. The van der Waals surface area contributed by atoms with Crippen LogP contribution in [-0.4, -0.2) is 61.0 Å². The molecule has 0 saturated carbocycles. The molecule has 0 bridgehead atoms. The standard InChI is InChI=1S/C19H24N2O6/c1-4-8-13-15(17(22)25-2)16(18(23)26-3)21-19(24)27-11-14(20(13)21)12-9-6-5-7-10-12/h5-7,9-10,13-16H,4,8,11H2,1-3H3/t13-,14-,15-,16-/m0/s1. The first-order valence-electron chi connectivity index (χ1n) is 9.00. The Morgan fingerprint density at radius 3 is 2.41 bits per heavy atom. The van der Waals surface area contributed by atoms with Crippen molar-refractivity contribution in [2.75, 3.05) is 20.8 Å². The first-order valence-corrected chi connectivity index (χ1v) is 9.00. The van der Waals surface area contributed by atoms with Crippen LogP contribution in [-0.2, 0) is 23.8 Å². The van der Waals surface area contributed by atoms with Gasteiger partial charge in [-0.05, 0) is 12.0 Å². The van der Waals surface area contributed by atoms with Gasteiger partial charge in [-0.1, -0.05) is 43.7 Å². The second-order valence-corrected chi connectivity index (χ2v) is 6.60. The summed E-state index contributed by atoms with van der Waals surface area (Å²) in [5.74, 6) is -2.06. The maximum Gasteiger partial charge on any atom is 0.425 e. The fraction of sp³-hybridized carbons (Fsp3) is 0.526. The Labute approximate surface area is 157 Å². The lowest BCUT2D eigenvalue weighted by atomic mass is 9.90. The summed E-state index contributed by atoms with van der Waals surface area (Å²) >= 11 is 0. The lowest BCUT2D eigenvalue weighted by Crippen LogP contribution is -2.56. The molecule has 0 unspecified atom stereocenters. The van der Waals surface area contributed by atoms with E-state index in [2.05, 4.69) is 0 Å². The second kappa shape index (κ2) is 7.96. The average Bonchev–Trinajstić information content (AvgIpc) is 3.04. The van der Waals surface area contributed by atoms with Crippen molar-refractivity contribution >= 4 is 18.0 Å². The van der Waals surface area contributed by atoms with Crippen LogP contribution in [0.3, 0.4) is 0 Å². The molecular formula is C19H24N2O6. The maximum atomic E-state index is 12.6. The summed E-state index contributed by atoms with van der Waals surface area (Å²) in [6.07, 6.45) is 0.720. The van der Waals surface area contributed by atoms with Crippen molar-refractivity contribution in [2.24, 2.45) is 5.92 Å². The normalized spacial score (nSPS) is 27.7. The topological polar surface area (TPSA) is 85.4 Å². The van der Waals surface area contributed by atoms with Gasteiger partial charge in [-0.2, -0.15) is 0 Å². The number of carbonyl (C=O) groups is 3. The van der Waals surface area contributed by atoms with E-state index < -0.39 is 30.0 Å². The number of fused-ring (bicyclic) bond motifs is 1. The number of rotatable bonds is 5. The molecule has 1 aromatic carbocycles. The number of methoxy groups -OCH3 is 2. The molecular weight excluding hydrogens is 352 g/mol. The molecule has 0 spiro atoms. The Bertz CT molecular complexity index is 709. The fourth-order valence-electron chi connectivity index (χ4n) is 4.03. The highest BCUT2D eigenvalue weighted by Gasteiger charge is 2.60. The third-order valence-electron chi connectivity index (χ3n) is 5.16. The molecule has 4 atom stereocenters. The highest BCUT2D eigenvalue weighted by atomic mass is 16.6. The summed E-state index contributed by atoms with van der Waals surface area (Å²) in [6, 6.07) is 7.77. The highest BCUT2D eigenvalue weighted by Crippen LogP contribution is 2.43. The van der Waals surface area contributed by atoms with E-state index in [0.717, 1.165) is 12.0 Å². The van der Waals surface area contributed by atoms with Crippen molar-refractivity contribution in [3.8, 4) is 0 Å². The largest absolute Gasteiger partial charge is 0.469 e. The molecule has 1 amide bonds. The number of esters is 2. The first-order chi connectivity index (χ1) is 13.0. The molecule has 3 rings (SSSR count). The predicted molar refractivity (Wildman–Crippen MR) is 94.2 cm³/mol. The van der Waals surface area contributed by atoms with Gasteiger partial charge in [-0.25, -0.2) is 19.6 Å². The van der Waals surface area contributed by atoms with E-state index in [1.165, 1.54) is 19.2 Å². The zero-order valence-electron chi connectivity index (χ0n) is 15.7. The van der Waals surface area contributed by atoms with Crippen molar-refractivity contribution in [2.45, 2.75) is 37.9 Å². The van der Waals surface area contributed by atoms with Crippen molar-refractivity contribution in [1.82, 2.24) is 10.0 Å². The molecule has 8 nitrogen and oxygen atoms in total. The molecule has 2 aliphatic heterocycles. The highest BCUT2D eigenvalue weighted by molar-refractivity contribution is 5.89.